The minimum absolute atomic E-state index is 0.00594. The van der Waals surface area contributed by atoms with E-state index in [0.717, 1.165) is 0 Å². The van der Waals surface area contributed by atoms with Gasteiger partial charge in [0.15, 0.2) is 0 Å². The number of rotatable bonds is 7. The van der Waals surface area contributed by atoms with Crippen molar-refractivity contribution in [2.45, 2.75) is 18.7 Å². The van der Waals surface area contributed by atoms with Gasteiger partial charge in [-0.3, -0.25) is 4.84 Å². The van der Waals surface area contributed by atoms with Crippen molar-refractivity contribution in [2.75, 3.05) is 20.3 Å². The van der Waals surface area contributed by atoms with Crippen molar-refractivity contribution in [2.24, 2.45) is 0 Å². The Kier molecular flexibility index (Phi) is 5.06. The predicted molar refractivity (Wildman–Crippen MR) is 63.3 cm³/mol. The Bertz CT molecular complexity index is 561. The molecule has 0 aliphatic carbocycles. The van der Waals surface area contributed by atoms with E-state index in [9.17, 15) is 13.2 Å². The average Bonchev–Trinajstić information content (AvgIpc) is 2.60. The van der Waals surface area contributed by atoms with Crippen LogP contribution < -0.4 is 4.89 Å². The third-order valence-electron chi connectivity index (χ3n) is 2.25. The number of furan rings is 1. The summed E-state index contributed by atoms with van der Waals surface area (Å²) in [6, 6.07) is 0. The maximum atomic E-state index is 12.0. The molecular weight excluding hydrogens is 278 g/mol. The van der Waals surface area contributed by atoms with Crippen LogP contribution >= 0.6 is 0 Å². The van der Waals surface area contributed by atoms with Crippen molar-refractivity contribution < 1.29 is 32.3 Å². The normalized spacial score (nSPS) is 11.7. The second-order valence-corrected chi connectivity index (χ2v) is 5.23. The van der Waals surface area contributed by atoms with Crippen LogP contribution in [0.25, 0.3) is 0 Å². The molecule has 1 aromatic heterocycles. The molecule has 108 valence electrons. The maximum Gasteiger partial charge on any atom is 0.340 e. The monoisotopic (exact) mass is 293 g/mol. The molecule has 8 nitrogen and oxygen atoms in total. The fourth-order valence-electron chi connectivity index (χ4n) is 1.52. The van der Waals surface area contributed by atoms with Crippen LogP contribution in [0, 0.1) is 13.8 Å². The molecule has 0 aliphatic heterocycles. The summed E-state index contributed by atoms with van der Waals surface area (Å²) < 4.78 is 33.6. The van der Waals surface area contributed by atoms with Crippen LogP contribution in [0.4, 0.5) is 0 Å². The van der Waals surface area contributed by atoms with Crippen LogP contribution in [-0.4, -0.2) is 39.8 Å². The Balaban J connectivity index is 3.04. The standard InChI is InChI=1S/C10H15NO7S/c1-6-8(10(12)13)9(7(2)18-6)19(14,15)11-17-5-4-16-3/h11H,4-5H2,1-3H3,(H,12,13). The maximum absolute atomic E-state index is 12.0. The van der Waals surface area contributed by atoms with Gasteiger partial charge in [0.2, 0.25) is 0 Å². The second-order valence-electron chi connectivity index (χ2n) is 3.65. The van der Waals surface area contributed by atoms with Gasteiger partial charge >= 0.3 is 5.97 Å². The number of hydrogen-bond acceptors (Lipinski definition) is 6. The van der Waals surface area contributed by atoms with Crippen molar-refractivity contribution in [1.82, 2.24) is 4.89 Å². The first-order chi connectivity index (χ1) is 8.81. The molecule has 19 heavy (non-hydrogen) atoms. The molecule has 0 bridgehead atoms. The van der Waals surface area contributed by atoms with Gasteiger partial charge in [-0.2, -0.15) is 0 Å². The van der Waals surface area contributed by atoms with Crippen molar-refractivity contribution >= 4 is 16.0 Å². The van der Waals surface area contributed by atoms with Gasteiger partial charge in [-0.25, -0.2) is 13.2 Å². The van der Waals surface area contributed by atoms with Gasteiger partial charge in [0.05, 0.1) is 13.2 Å². The first-order valence-electron chi connectivity index (χ1n) is 5.27. The summed E-state index contributed by atoms with van der Waals surface area (Å²) in [5.74, 6) is -1.38. The topological polar surface area (TPSA) is 115 Å². The van der Waals surface area contributed by atoms with E-state index in [-0.39, 0.29) is 24.7 Å². The van der Waals surface area contributed by atoms with Crippen molar-refractivity contribution in [1.29, 1.82) is 0 Å². The van der Waals surface area contributed by atoms with Gasteiger partial charge in [-0.05, 0) is 13.8 Å². The molecule has 1 heterocycles. The number of methoxy groups -OCH3 is 1. The molecular formula is C10H15NO7S. The Morgan fingerprint density at radius 2 is 1.95 bits per heavy atom. The molecule has 0 amide bonds. The molecule has 0 fully saturated rings. The van der Waals surface area contributed by atoms with E-state index in [1.807, 2.05) is 4.89 Å². The van der Waals surface area contributed by atoms with E-state index < -0.39 is 26.5 Å². The Morgan fingerprint density at radius 1 is 1.32 bits per heavy atom. The summed E-state index contributed by atoms with van der Waals surface area (Å²) in [6.45, 7) is 2.93. The molecule has 1 aromatic rings. The molecule has 0 aliphatic rings. The Hall–Kier alpha value is -1.42. The van der Waals surface area contributed by atoms with Crippen molar-refractivity contribution in [3.8, 4) is 0 Å². The molecule has 9 heteroatoms. The average molecular weight is 293 g/mol. The van der Waals surface area contributed by atoms with E-state index in [1.54, 1.807) is 0 Å². The van der Waals surface area contributed by atoms with Crippen molar-refractivity contribution in [3.63, 3.8) is 0 Å². The van der Waals surface area contributed by atoms with E-state index in [2.05, 4.69) is 4.74 Å². The fourth-order valence-corrected chi connectivity index (χ4v) is 2.76. The highest BCUT2D eigenvalue weighted by Crippen LogP contribution is 2.26. The van der Waals surface area contributed by atoms with Gasteiger partial charge in [-0.15, -0.1) is 0 Å². The van der Waals surface area contributed by atoms with Crippen molar-refractivity contribution in [3.05, 3.63) is 17.1 Å². The minimum atomic E-state index is -4.13. The van der Waals surface area contributed by atoms with Gasteiger partial charge in [-0.1, -0.05) is 4.89 Å². The van der Waals surface area contributed by atoms with Crippen LogP contribution in [-0.2, 0) is 19.6 Å². The molecule has 1 rings (SSSR count). The zero-order chi connectivity index (χ0) is 14.6. The number of nitrogens with one attached hydrogen (secondary N) is 1. The highest BCUT2D eigenvalue weighted by atomic mass is 32.2. The minimum Gasteiger partial charge on any atom is -0.478 e. The number of aryl methyl sites for hydroxylation is 2. The van der Waals surface area contributed by atoms with E-state index in [4.69, 9.17) is 14.4 Å². The molecule has 0 unspecified atom stereocenters. The number of sulfonamides is 1. The summed E-state index contributed by atoms with van der Waals surface area (Å²) in [5.41, 5.74) is -0.402. The second kappa shape index (κ2) is 6.15. The van der Waals surface area contributed by atoms with Gasteiger partial charge in [0.25, 0.3) is 10.0 Å². The van der Waals surface area contributed by atoms with E-state index >= 15 is 0 Å². The smallest absolute Gasteiger partial charge is 0.340 e. The lowest BCUT2D eigenvalue weighted by atomic mass is 10.2. The number of ether oxygens (including phenoxy) is 1. The highest BCUT2D eigenvalue weighted by Gasteiger charge is 2.30. The number of carboxylic acid groups (broad SMARTS) is 1. The van der Waals surface area contributed by atoms with Crippen LogP contribution in [0.3, 0.4) is 0 Å². The van der Waals surface area contributed by atoms with Gasteiger partial charge < -0.3 is 14.3 Å². The number of aromatic carboxylic acids is 1. The molecule has 0 radical (unpaired) electrons. The molecule has 0 atom stereocenters. The molecule has 0 spiro atoms. The van der Waals surface area contributed by atoms with Crippen LogP contribution in [0.5, 0.6) is 0 Å². The summed E-state index contributed by atoms with van der Waals surface area (Å²) in [6.07, 6.45) is 0. The number of carbonyl (C=O) groups is 1. The van der Waals surface area contributed by atoms with Gasteiger partial charge in [0, 0.05) is 7.11 Å². The summed E-state index contributed by atoms with van der Waals surface area (Å²) in [5, 5.41) is 9.02. The number of carboxylic acids is 1. The van der Waals surface area contributed by atoms with Crippen LogP contribution in [0.1, 0.15) is 21.9 Å². The zero-order valence-electron chi connectivity index (χ0n) is 10.7. The lowest BCUT2D eigenvalue weighted by molar-refractivity contribution is 0.0437. The third-order valence-corrected chi connectivity index (χ3v) is 3.61. The van der Waals surface area contributed by atoms with Gasteiger partial charge in [0.1, 0.15) is 22.0 Å². The molecule has 0 aromatic carbocycles. The van der Waals surface area contributed by atoms with Crippen LogP contribution in [0.15, 0.2) is 9.31 Å². The highest BCUT2D eigenvalue weighted by molar-refractivity contribution is 7.89. The molecule has 0 saturated carbocycles. The lowest BCUT2D eigenvalue weighted by Crippen LogP contribution is -2.27. The summed E-state index contributed by atoms with van der Waals surface area (Å²) in [7, 11) is -2.69. The first kappa shape index (κ1) is 15.6. The zero-order valence-corrected chi connectivity index (χ0v) is 11.5. The SMILES string of the molecule is COCCONS(=O)(=O)c1c(C)oc(C)c1C(=O)O. The van der Waals surface area contributed by atoms with Crippen LogP contribution in [0.2, 0.25) is 0 Å². The van der Waals surface area contributed by atoms with E-state index in [1.165, 1.54) is 21.0 Å². The fraction of sp³-hybridized carbons (Fsp3) is 0.500. The largest absolute Gasteiger partial charge is 0.478 e. The quantitative estimate of drug-likeness (QED) is 0.554. The Labute approximate surface area is 110 Å². The summed E-state index contributed by atoms with van der Waals surface area (Å²) >= 11 is 0. The molecule has 2 N–H and O–H groups in total. The Morgan fingerprint density at radius 3 is 2.47 bits per heavy atom. The number of hydrogen-bond donors (Lipinski definition) is 2. The first-order valence-corrected chi connectivity index (χ1v) is 6.75. The third kappa shape index (κ3) is 3.53. The van der Waals surface area contributed by atoms with E-state index in [0.29, 0.717) is 0 Å². The predicted octanol–water partition coefficient (Wildman–Crippen LogP) is 0.451. The lowest BCUT2D eigenvalue weighted by Gasteiger charge is -2.06. The summed E-state index contributed by atoms with van der Waals surface area (Å²) in [4.78, 5) is 17.2. The molecule has 0 saturated heterocycles.